The summed E-state index contributed by atoms with van der Waals surface area (Å²) < 4.78 is 42.9. The Balaban J connectivity index is 1.54. The number of nitro benzene ring substituents is 1. The van der Waals surface area contributed by atoms with Crippen molar-refractivity contribution in [3.05, 3.63) is 64.7 Å². The summed E-state index contributed by atoms with van der Waals surface area (Å²) in [5.74, 6) is -0.248. The van der Waals surface area contributed by atoms with Crippen LogP contribution in [-0.4, -0.2) is 55.2 Å². The lowest BCUT2D eigenvalue weighted by molar-refractivity contribution is -0.384. The highest BCUT2D eigenvalue weighted by atomic mass is 32.2. The third-order valence-electron chi connectivity index (χ3n) is 4.41. The van der Waals surface area contributed by atoms with Gasteiger partial charge in [0.25, 0.3) is 21.6 Å². The van der Waals surface area contributed by atoms with Crippen LogP contribution in [0.4, 0.5) is 17.2 Å². The van der Waals surface area contributed by atoms with Crippen LogP contribution in [0.25, 0.3) is 0 Å². The quantitative estimate of drug-likeness (QED) is 0.191. The van der Waals surface area contributed by atoms with Crippen molar-refractivity contribution in [1.29, 1.82) is 0 Å². The first-order valence-corrected chi connectivity index (χ1v) is 12.1. The molecule has 0 fully saturated rings. The zero-order chi connectivity index (χ0) is 27.0. The van der Waals surface area contributed by atoms with Gasteiger partial charge >= 0.3 is 6.01 Å². The van der Waals surface area contributed by atoms with E-state index in [1.165, 1.54) is 68.8 Å². The SMILES string of the molecule is COc1cc(NS(=O)(=O)c2ccc(NC(=S)NC(=O)COc3ccc([N+](=O)[O-])cc3)cc2)nc(OC)n1. The molecule has 0 bridgehead atoms. The van der Waals surface area contributed by atoms with E-state index in [1.807, 2.05) is 0 Å². The summed E-state index contributed by atoms with van der Waals surface area (Å²) in [4.78, 5) is 29.9. The Morgan fingerprint density at radius 2 is 1.73 bits per heavy atom. The van der Waals surface area contributed by atoms with Crippen LogP contribution >= 0.6 is 12.2 Å². The number of sulfonamides is 1. The van der Waals surface area contributed by atoms with E-state index in [-0.39, 0.29) is 45.8 Å². The standard InChI is InChI=1S/C21H20N6O8S2/c1-33-19-11-17(23-20(25-19)34-2)26-37(31,32)16-9-3-13(4-10-16)22-21(36)24-18(28)12-35-15-7-5-14(6-8-15)27(29)30/h3-11H,12H2,1-2H3,(H,23,25,26)(H2,22,24,28,36). The maximum atomic E-state index is 12.7. The molecule has 194 valence electrons. The summed E-state index contributed by atoms with van der Waals surface area (Å²) in [6.45, 7) is -0.388. The van der Waals surface area contributed by atoms with E-state index in [0.717, 1.165) is 0 Å². The second-order valence-corrected chi connectivity index (χ2v) is 9.04. The highest BCUT2D eigenvalue weighted by Gasteiger charge is 2.17. The van der Waals surface area contributed by atoms with Crippen molar-refractivity contribution in [1.82, 2.24) is 15.3 Å². The van der Waals surface area contributed by atoms with E-state index >= 15 is 0 Å². The van der Waals surface area contributed by atoms with Gasteiger partial charge in [-0.15, -0.1) is 0 Å². The number of nitro groups is 1. The number of hydrogen-bond acceptors (Lipinski definition) is 11. The predicted molar refractivity (Wildman–Crippen MR) is 135 cm³/mol. The minimum Gasteiger partial charge on any atom is -0.484 e. The van der Waals surface area contributed by atoms with Gasteiger partial charge in [0.2, 0.25) is 5.88 Å². The number of methoxy groups -OCH3 is 2. The van der Waals surface area contributed by atoms with Crippen molar-refractivity contribution in [3.63, 3.8) is 0 Å². The molecule has 14 nitrogen and oxygen atoms in total. The Labute approximate surface area is 216 Å². The molecule has 2 aromatic carbocycles. The molecule has 16 heteroatoms. The van der Waals surface area contributed by atoms with Gasteiger partial charge < -0.3 is 19.5 Å². The molecule has 1 heterocycles. The van der Waals surface area contributed by atoms with Crippen molar-refractivity contribution in [2.24, 2.45) is 0 Å². The Kier molecular flexibility index (Phi) is 8.70. The molecule has 0 radical (unpaired) electrons. The fourth-order valence-electron chi connectivity index (χ4n) is 2.70. The lowest BCUT2D eigenvalue weighted by atomic mass is 10.3. The monoisotopic (exact) mass is 548 g/mol. The van der Waals surface area contributed by atoms with E-state index in [1.54, 1.807) is 0 Å². The minimum absolute atomic E-state index is 0.0498. The average Bonchev–Trinajstić information content (AvgIpc) is 2.87. The Morgan fingerprint density at radius 3 is 2.32 bits per heavy atom. The van der Waals surface area contributed by atoms with E-state index in [2.05, 4.69) is 25.3 Å². The number of hydrogen-bond donors (Lipinski definition) is 3. The van der Waals surface area contributed by atoms with Crippen LogP contribution in [0, 0.1) is 10.1 Å². The number of rotatable bonds is 10. The van der Waals surface area contributed by atoms with Crippen LogP contribution in [0.2, 0.25) is 0 Å². The first-order valence-electron chi connectivity index (χ1n) is 10.2. The van der Waals surface area contributed by atoms with Crippen LogP contribution in [0.5, 0.6) is 17.6 Å². The van der Waals surface area contributed by atoms with Crippen LogP contribution in [0.15, 0.2) is 59.5 Å². The number of anilines is 2. The topological polar surface area (TPSA) is 184 Å². The normalized spacial score (nSPS) is 10.6. The van der Waals surface area contributed by atoms with E-state index in [4.69, 9.17) is 26.4 Å². The highest BCUT2D eigenvalue weighted by Crippen LogP contribution is 2.21. The van der Waals surface area contributed by atoms with Crippen molar-refractivity contribution in [2.75, 3.05) is 30.9 Å². The molecular formula is C21H20N6O8S2. The van der Waals surface area contributed by atoms with Crippen molar-refractivity contribution in [2.45, 2.75) is 4.90 Å². The number of nitrogens with one attached hydrogen (secondary N) is 3. The minimum atomic E-state index is -4.00. The third kappa shape index (κ3) is 7.71. The Bertz CT molecular complexity index is 1380. The highest BCUT2D eigenvalue weighted by molar-refractivity contribution is 7.92. The fraction of sp³-hybridized carbons (Fsp3) is 0.143. The zero-order valence-corrected chi connectivity index (χ0v) is 21.0. The van der Waals surface area contributed by atoms with Gasteiger partial charge in [0.15, 0.2) is 17.5 Å². The van der Waals surface area contributed by atoms with Crippen molar-refractivity contribution >= 4 is 50.5 Å². The number of ether oxygens (including phenoxy) is 3. The second kappa shape index (κ2) is 11.9. The molecule has 0 saturated carbocycles. The summed E-state index contributed by atoms with van der Waals surface area (Å²) in [5, 5.41) is 15.8. The van der Waals surface area contributed by atoms with Gasteiger partial charge in [0, 0.05) is 23.9 Å². The molecule has 0 aliphatic heterocycles. The number of thiocarbonyl (C=S) groups is 1. The number of non-ortho nitro benzene ring substituents is 1. The molecule has 0 saturated heterocycles. The van der Waals surface area contributed by atoms with Crippen LogP contribution in [0.1, 0.15) is 0 Å². The van der Waals surface area contributed by atoms with Crippen LogP contribution < -0.4 is 29.6 Å². The van der Waals surface area contributed by atoms with Crippen molar-refractivity contribution in [3.8, 4) is 17.6 Å². The maximum Gasteiger partial charge on any atom is 0.321 e. The fourth-order valence-corrected chi connectivity index (χ4v) is 3.93. The number of nitrogens with zero attached hydrogens (tertiary/aromatic N) is 3. The molecule has 1 amide bonds. The van der Waals surface area contributed by atoms with Crippen molar-refractivity contribution < 1.29 is 32.3 Å². The van der Waals surface area contributed by atoms with Crippen LogP contribution in [0.3, 0.4) is 0 Å². The average molecular weight is 549 g/mol. The maximum absolute atomic E-state index is 12.7. The van der Waals surface area contributed by atoms with Gasteiger partial charge in [-0.25, -0.2) is 8.42 Å². The molecule has 0 unspecified atom stereocenters. The van der Waals surface area contributed by atoms with Crippen LogP contribution in [-0.2, 0) is 14.8 Å². The molecule has 37 heavy (non-hydrogen) atoms. The first kappa shape index (κ1) is 27.0. The number of carbonyl (C=O) groups is 1. The van der Waals surface area contributed by atoms with Gasteiger partial charge in [-0.1, -0.05) is 0 Å². The Morgan fingerprint density at radius 1 is 1.05 bits per heavy atom. The molecule has 0 aliphatic carbocycles. The van der Waals surface area contributed by atoms with E-state index < -0.39 is 20.9 Å². The van der Waals surface area contributed by atoms with Gasteiger partial charge in [0.1, 0.15) is 5.75 Å². The third-order valence-corrected chi connectivity index (χ3v) is 5.98. The number of benzene rings is 2. The smallest absolute Gasteiger partial charge is 0.321 e. The summed E-state index contributed by atoms with van der Waals surface area (Å²) in [6.07, 6.45) is 0. The van der Waals surface area contributed by atoms with E-state index in [9.17, 15) is 23.3 Å². The van der Waals surface area contributed by atoms with Gasteiger partial charge in [-0.05, 0) is 48.6 Å². The molecular weight excluding hydrogens is 528 g/mol. The lowest BCUT2D eigenvalue weighted by Gasteiger charge is -2.12. The predicted octanol–water partition coefficient (Wildman–Crippen LogP) is 2.09. The molecule has 3 rings (SSSR count). The van der Waals surface area contributed by atoms with Gasteiger partial charge in [0.05, 0.1) is 24.0 Å². The molecule has 0 atom stereocenters. The zero-order valence-electron chi connectivity index (χ0n) is 19.3. The van der Waals surface area contributed by atoms with Gasteiger partial charge in [-0.2, -0.15) is 9.97 Å². The summed E-state index contributed by atoms with van der Waals surface area (Å²) in [6, 6.07) is 12.0. The summed E-state index contributed by atoms with van der Waals surface area (Å²) >= 11 is 5.09. The largest absolute Gasteiger partial charge is 0.484 e. The number of aromatic nitrogens is 2. The first-order chi connectivity index (χ1) is 17.6. The number of carbonyl (C=O) groups excluding carboxylic acids is 1. The summed E-state index contributed by atoms with van der Waals surface area (Å²) in [7, 11) is -1.31. The Hall–Kier alpha value is -4.57. The lowest BCUT2D eigenvalue weighted by Crippen LogP contribution is -2.37. The van der Waals surface area contributed by atoms with Gasteiger partial charge in [-0.3, -0.25) is 24.9 Å². The second-order valence-electron chi connectivity index (χ2n) is 6.95. The molecule has 0 aliphatic rings. The molecule has 3 aromatic rings. The molecule has 0 spiro atoms. The molecule has 1 aromatic heterocycles. The van der Waals surface area contributed by atoms with E-state index in [0.29, 0.717) is 5.69 Å². The number of amides is 1. The molecule has 3 N–H and O–H groups in total. The summed E-state index contributed by atoms with van der Waals surface area (Å²) in [5.41, 5.74) is 0.303.